The molecule has 0 amide bonds. The van der Waals surface area contributed by atoms with Crippen LogP contribution in [0.3, 0.4) is 0 Å². The van der Waals surface area contributed by atoms with Gasteiger partial charge in [0.15, 0.2) is 0 Å². The highest BCUT2D eigenvalue weighted by Crippen LogP contribution is 2.36. The second kappa shape index (κ2) is 4.86. The molecule has 104 valence electrons. The van der Waals surface area contributed by atoms with Crippen molar-refractivity contribution in [3.05, 3.63) is 30.3 Å². The van der Waals surface area contributed by atoms with E-state index in [9.17, 15) is 9.90 Å². The Labute approximate surface area is 120 Å². The number of carboxylic acid groups (broad SMARTS) is 1. The van der Waals surface area contributed by atoms with Gasteiger partial charge in [0.2, 0.25) is 5.13 Å². The van der Waals surface area contributed by atoms with Crippen molar-refractivity contribution in [1.82, 2.24) is 10.2 Å². The summed E-state index contributed by atoms with van der Waals surface area (Å²) in [5, 5.41) is 19.3. The zero-order valence-corrected chi connectivity index (χ0v) is 11.9. The molecule has 1 aliphatic heterocycles. The van der Waals surface area contributed by atoms with Crippen LogP contribution in [0.2, 0.25) is 0 Å². The summed E-state index contributed by atoms with van der Waals surface area (Å²) in [5.41, 5.74) is 0.356. The van der Waals surface area contributed by atoms with E-state index < -0.39 is 11.4 Å². The molecular weight excluding hydrogens is 274 g/mol. The van der Waals surface area contributed by atoms with Gasteiger partial charge in [0.25, 0.3) is 0 Å². The van der Waals surface area contributed by atoms with Gasteiger partial charge in [-0.25, -0.2) is 0 Å². The molecule has 20 heavy (non-hydrogen) atoms. The smallest absolute Gasteiger partial charge is 0.311 e. The van der Waals surface area contributed by atoms with Gasteiger partial charge >= 0.3 is 5.97 Å². The van der Waals surface area contributed by atoms with Crippen molar-refractivity contribution in [3.8, 4) is 10.6 Å². The molecule has 0 spiro atoms. The first-order chi connectivity index (χ1) is 9.58. The van der Waals surface area contributed by atoms with E-state index in [1.54, 1.807) is 6.92 Å². The van der Waals surface area contributed by atoms with Gasteiger partial charge in [0, 0.05) is 18.7 Å². The predicted molar refractivity (Wildman–Crippen MR) is 77.9 cm³/mol. The molecule has 0 aliphatic carbocycles. The number of nitrogens with zero attached hydrogens (tertiary/aromatic N) is 3. The third kappa shape index (κ3) is 2.27. The molecule has 0 radical (unpaired) electrons. The number of anilines is 1. The molecule has 1 aliphatic rings. The average Bonchev–Trinajstić information content (AvgIpc) is 3.07. The average molecular weight is 289 g/mol. The van der Waals surface area contributed by atoms with E-state index in [1.165, 1.54) is 11.3 Å². The second-order valence-electron chi connectivity index (χ2n) is 5.29. The maximum Gasteiger partial charge on any atom is 0.311 e. The van der Waals surface area contributed by atoms with Gasteiger partial charge in [-0.05, 0) is 13.3 Å². The van der Waals surface area contributed by atoms with Crippen molar-refractivity contribution < 1.29 is 9.90 Å². The fraction of sp³-hybridized carbons (Fsp3) is 0.357. The fourth-order valence-corrected chi connectivity index (χ4v) is 3.21. The van der Waals surface area contributed by atoms with Gasteiger partial charge in [0.1, 0.15) is 5.01 Å². The molecular formula is C14H15N3O2S. The number of aliphatic carboxylic acids is 1. The summed E-state index contributed by atoms with van der Waals surface area (Å²) >= 11 is 1.51. The first-order valence-corrected chi connectivity index (χ1v) is 7.27. The van der Waals surface area contributed by atoms with Crippen molar-refractivity contribution in [3.63, 3.8) is 0 Å². The lowest BCUT2D eigenvalue weighted by Crippen LogP contribution is -2.31. The lowest BCUT2D eigenvalue weighted by Gasteiger charge is -2.18. The molecule has 1 N–H and O–H groups in total. The molecule has 1 aromatic carbocycles. The van der Waals surface area contributed by atoms with Crippen LogP contribution in [-0.2, 0) is 4.79 Å². The highest BCUT2D eigenvalue weighted by atomic mass is 32.1. The third-order valence-electron chi connectivity index (χ3n) is 3.70. The summed E-state index contributed by atoms with van der Waals surface area (Å²) in [6.45, 7) is 2.99. The molecule has 1 fully saturated rings. The molecule has 2 aromatic rings. The first kappa shape index (κ1) is 13.1. The highest BCUT2D eigenvalue weighted by Gasteiger charge is 2.41. The van der Waals surface area contributed by atoms with Crippen molar-refractivity contribution >= 4 is 22.4 Å². The van der Waals surface area contributed by atoms with Crippen LogP contribution < -0.4 is 4.90 Å². The summed E-state index contributed by atoms with van der Waals surface area (Å²) in [5.74, 6) is -0.743. The molecule has 5 nitrogen and oxygen atoms in total. The van der Waals surface area contributed by atoms with Crippen molar-refractivity contribution in [1.29, 1.82) is 0 Å². The molecule has 6 heteroatoms. The maximum atomic E-state index is 11.3. The quantitative estimate of drug-likeness (QED) is 0.940. The van der Waals surface area contributed by atoms with E-state index in [4.69, 9.17) is 0 Å². The lowest BCUT2D eigenvalue weighted by molar-refractivity contribution is -0.146. The minimum atomic E-state index is -0.743. The van der Waals surface area contributed by atoms with Gasteiger partial charge in [-0.1, -0.05) is 41.7 Å². The van der Waals surface area contributed by atoms with Gasteiger partial charge < -0.3 is 10.0 Å². The number of hydrogen-bond acceptors (Lipinski definition) is 5. The third-order valence-corrected chi connectivity index (χ3v) is 4.73. The predicted octanol–water partition coefficient (Wildman–Crippen LogP) is 2.51. The molecule has 1 atom stereocenters. The highest BCUT2D eigenvalue weighted by molar-refractivity contribution is 7.18. The minimum absolute atomic E-state index is 0.492. The largest absolute Gasteiger partial charge is 0.481 e. The summed E-state index contributed by atoms with van der Waals surface area (Å²) in [7, 11) is 0. The monoisotopic (exact) mass is 289 g/mol. The van der Waals surface area contributed by atoms with E-state index in [2.05, 4.69) is 10.2 Å². The van der Waals surface area contributed by atoms with Crippen LogP contribution in [0.1, 0.15) is 13.3 Å². The Morgan fingerprint density at radius 3 is 2.75 bits per heavy atom. The van der Waals surface area contributed by atoms with Crippen LogP contribution in [-0.4, -0.2) is 34.4 Å². The topological polar surface area (TPSA) is 66.3 Å². The van der Waals surface area contributed by atoms with Crippen LogP contribution in [0.5, 0.6) is 0 Å². The summed E-state index contributed by atoms with van der Waals surface area (Å²) < 4.78 is 0. The van der Waals surface area contributed by atoms with E-state index in [-0.39, 0.29) is 0 Å². The SMILES string of the molecule is CC1(C(=O)O)CCN(c2nnc(-c3ccccc3)s2)C1. The second-order valence-corrected chi connectivity index (χ2v) is 6.25. The molecule has 1 saturated heterocycles. The van der Waals surface area contributed by atoms with Gasteiger partial charge in [-0.15, -0.1) is 10.2 Å². The van der Waals surface area contributed by atoms with Gasteiger partial charge in [-0.3, -0.25) is 4.79 Å². The van der Waals surface area contributed by atoms with Crippen molar-refractivity contribution in [2.45, 2.75) is 13.3 Å². The Hall–Kier alpha value is -1.95. The number of aromatic nitrogens is 2. The number of rotatable bonds is 3. The molecule has 0 bridgehead atoms. The number of carbonyl (C=O) groups is 1. The van der Waals surface area contributed by atoms with E-state index in [0.29, 0.717) is 19.5 Å². The first-order valence-electron chi connectivity index (χ1n) is 6.46. The normalized spacial score (nSPS) is 22.1. The van der Waals surface area contributed by atoms with Gasteiger partial charge in [-0.2, -0.15) is 0 Å². The Bertz CT molecular complexity index is 628. The van der Waals surface area contributed by atoms with Crippen LogP contribution in [0, 0.1) is 5.41 Å². The fourth-order valence-electron chi connectivity index (χ4n) is 2.34. The minimum Gasteiger partial charge on any atom is -0.481 e. The Morgan fingerprint density at radius 2 is 2.10 bits per heavy atom. The zero-order chi connectivity index (χ0) is 14.2. The van der Waals surface area contributed by atoms with E-state index in [1.807, 2.05) is 35.2 Å². The summed E-state index contributed by atoms with van der Waals surface area (Å²) in [6, 6.07) is 9.89. The van der Waals surface area contributed by atoms with Crippen LogP contribution >= 0.6 is 11.3 Å². The van der Waals surface area contributed by atoms with Crippen LogP contribution in [0.25, 0.3) is 10.6 Å². The number of hydrogen-bond donors (Lipinski definition) is 1. The van der Waals surface area contributed by atoms with Crippen molar-refractivity contribution in [2.75, 3.05) is 18.0 Å². The standard InChI is InChI=1S/C14H15N3O2S/c1-14(12(18)19)7-8-17(9-14)13-16-15-11(20-13)10-5-3-2-4-6-10/h2-6H,7-9H2,1H3,(H,18,19). The lowest BCUT2D eigenvalue weighted by atomic mass is 9.90. The molecule has 1 aromatic heterocycles. The molecule has 0 saturated carbocycles. The molecule has 2 heterocycles. The van der Waals surface area contributed by atoms with Gasteiger partial charge in [0.05, 0.1) is 5.41 Å². The summed E-state index contributed by atoms with van der Waals surface area (Å²) in [6.07, 6.45) is 0.641. The molecule has 1 unspecified atom stereocenters. The number of benzene rings is 1. The number of carboxylic acids is 1. The van der Waals surface area contributed by atoms with E-state index >= 15 is 0 Å². The van der Waals surface area contributed by atoms with Crippen LogP contribution in [0.4, 0.5) is 5.13 Å². The summed E-state index contributed by atoms with van der Waals surface area (Å²) in [4.78, 5) is 13.3. The Balaban J connectivity index is 1.80. The van der Waals surface area contributed by atoms with Crippen molar-refractivity contribution in [2.24, 2.45) is 5.41 Å². The van der Waals surface area contributed by atoms with Crippen LogP contribution in [0.15, 0.2) is 30.3 Å². The zero-order valence-electron chi connectivity index (χ0n) is 11.1. The Kier molecular flexibility index (Phi) is 3.17. The Morgan fingerprint density at radius 1 is 1.35 bits per heavy atom. The van der Waals surface area contributed by atoms with E-state index in [0.717, 1.165) is 15.7 Å². The molecule has 3 rings (SSSR count). The maximum absolute atomic E-state index is 11.3.